The lowest BCUT2D eigenvalue weighted by molar-refractivity contribution is -0.132. The van der Waals surface area contributed by atoms with Gasteiger partial charge in [-0.1, -0.05) is 71.4 Å². The van der Waals surface area contributed by atoms with Gasteiger partial charge in [-0.2, -0.15) is 0 Å². The van der Waals surface area contributed by atoms with Crippen molar-refractivity contribution < 1.29 is 14.7 Å². The van der Waals surface area contributed by atoms with Gasteiger partial charge in [0.2, 0.25) is 0 Å². The third-order valence-electron chi connectivity index (χ3n) is 6.27. The first-order valence-corrected chi connectivity index (χ1v) is 12.7. The predicted molar refractivity (Wildman–Crippen MR) is 142 cm³/mol. The lowest BCUT2D eigenvalue weighted by atomic mass is 9.87. The Hall–Kier alpha value is -2.57. The number of carbonyl (C=O) groups is 2. The number of anilines is 1. The van der Waals surface area contributed by atoms with Crippen LogP contribution in [0, 0.1) is 11.8 Å². The van der Waals surface area contributed by atoms with E-state index in [-0.39, 0.29) is 6.54 Å². The molecule has 0 saturated carbocycles. The quantitative estimate of drug-likeness (QED) is 0.480. The van der Waals surface area contributed by atoms with Crippen molar-refractivity contribution in [1.82, 2.24) is 9.80 Å². The van der Waals surface area contributed by atoms with E-state index in [4.69, 9.17) is 17.3 Å². The van der Waals surface area contributed by atoms with Crippen molar-refractivity contribution in [2.75, 3.05) is 44.2 Å². The molecule has 186 valence electrons. The van der Waals surface area contributed by atoms with E-state index in [1.165, 1.54) is 4.90 Å². The summed E-state index contributed by atoms with van der Waals surface area (Å²) in [5.41, 5.74) is 5.41. The van der Waals surface area contributed by atoms with Crippen molar-refractivity contribution in [1.29, 1.82) is 0 Å². The molecule has 3 amide bonds. The molecule has 0 fully saturated rings. The number of halogens is 2. The second-order valence-electron chi connectivity index (χ2n) is 8.18. The Morgan fingerprint density at radius 2 is 1.89 bits per heavy atom. The van der Waals surface area contributed by atoms with Gasteiger partial charge in [0, 0.05) is 45.8 Å². The number of carbonyl (C=O) groups excluding carboxylic acids is 2. The lowest BCUT2D eigenvalue weighted by Crippen LogP contribution is -2.44. The second kappa shape index (κ2) is 11.4. The van der Waals surface area contributed by atoms with Gasteiger partial charge in [-0.3, -0.25) is 4.79 Å². The molecule has 2 aromatic rings. The average molecular weight is 562 g/mol. The molecule has 1 aliphatic rings. The molecule has 1 atom stereocenters. The van der Waals surface area contributed by atoms with Gasteiger partial charge in [-0.15, -0.1) is 0 Å². The van der Waals surface area contributed by atoms with E-state index in [1.54, 1.807) is 41.3 Å². The van der Waals surface area contributed by atoms with Gasteiger partial charge in [0.05, 0.1) is 12.2 Å². The summed E-state index contributed by atoms with van der Waals surface area (Å²) in [5, 5.41) is 12.2. The van der Waals surface area contributed by atoms with Crippen molar-refractivity contribution >= 4 is 45.2 Å². The van der Waals surface area contributed by atoms with E-state index >= 15 is 0 Å². The van der Waals surface area contributed by atoms with Crippen LogP contribution in [0.2, 0.25) is 5.02 Å². The number of primary amides is 1. The number of urea groups is 1. The fourth-order valence-corrected chi connectivity index (χ4v) is 5.25. The van der Waals surface area contributed by atoms with Gasteiger partial charge in [-0.25, -0.2) is 4.79 Å². The topological polar surface area (TPSA) is 90.1 Å². The Morgan fingerprint density at radius 1 is 1.20 bits per heavy atom. The maximum atomic E-state index is 13.8. The summed E-state index contributed by atoms with van der Waals surface area (Å²) in [7, 11) is 0. The van der Waals surface area contributed by atoms with Crippen LogP contribution in [0.1, 0.15) is 37.5 Å². The summed E-state index contributed by atoms with van der Waals surface area (Å²) in [6.45, 7) is 9.35. The van der Waals surface area contributed by atoms with Gasteiger partial charge < -0.3 is 25.5 Å². The van der Waals surface area contributed by atoms with Crippen LogP contribution >= 0.6 is 27.5 Å². The van der Waals surface area contributed by atoms with Gasteiger partial charge in [-0.05, 0) is 38.2 Å². The maximum absolute atomic E-state index is 13.8. The summed E-state index contributed by atoms with van der Waals surface area (Å²) in [4.78, 5) is 30.5. The number of fused-ring (bicyclic) bond motifs is 1. The smallest absolute Gasteiger partial charge is 0.315 e. The maximum Gasteiger partial charge on any atom is 0.315 e. The van der Waals surface area contributed by atoms with Crippen LogP contribution in [0.4, 0.5) is 10.5 Å². The first-order chi connectivity index (χ1) is 16.7. The molecule has 3 rings (SSSR count). The van der Waals surface area contributed by atoms with E-state index < -0.39 is 17.5 Å². The predicted octanol–water partition coefficient (Wildman–Crippen LogP) is 3.78. The van der Waals surface area contributed by atoms with Crippen LogP contribution in [0.15, 0.2) is 40.9 Å². The highest BCUT2D eigenvalue weighted by molar-refractivity contribution is 9.10. The molecule has 7 nitrogen and oxygen atoms in total. The monoisotopic (exact) mass is 560 g/mol. The van der Waals surface area contributed by atoms with Gasteiger partial charge >= 0.3 is 6.03 Å². The van der Waals surface area contributed by atoms with Crippen LogP contribution in [0.3, 0.4) is 0 Å². The van der Waals surface area contributed by atoms with E-state index in [9.17, 15) is 14.7 Å². The molecule has 35 heavy (non-hydrogen) atoms. The van der Waals surface area contributed by atoms with Crippen molar-refractivity contribution in [3.63, 3.8) is 0 Å². The number of hydrogen-bond donors (Lipinski definition) is 2. The lowest BCUT2D eigenvalue weighted by Gasteiger charge is -2.26. The summed E-state index contributed by atoms with van der Waals surface area (Å²) in [6, 6.07) is 9.85. The van der Waals surface area contributed by atoms with Crippen LogP contribution in [-0.2, 0) is 10.4 Å². The van der Waals surface area contributed by atoms with E-state index in [0.717, 1.165) is 13.1 Å². The average Bonchev–Trinajstić information content (AvgIpc) is 3.05. The number of aliphatic hydroxyl groups is 1. The van der Waals surface area contributed by atoms with Gasteiger partial charge in [0.15, 0.2) is 5.60 Å². The molecule has 0 bridgehead atoms. The third-order valence-corrected chi connectivity index (χ3v) is 7.23. The summed E-state index contributed by atoms with van der Waals surface area (Å²) in [6.07, 6.45) is 0. The number of nitrogens with zero attached hydrogens (tertiary/aromatic N) is 3. The fraction of sp³-hybridized carbons (Fsp3) is 0.385. The Morgan fingerprint density at radius 3 is 2.49 bits per heavy atom. The highest BCUT2D eigenvalue weighted by atomic mass is 79.9. The van der Waals surface area contributed by atoms with Crippen molar-refractivity contribution in [2.24, 2.45) is 5.73 Å². The molecule has 2 aromatic carbocycles. The van der Waals surface area contributed by atoms with Crippen LogP contribution in [0.25, 0.3) is 0 Å². The number of likely N-dealkylation sites (N-methyl/N-ethyl adjacent to an activating group) is 1. The Labute approximate surface area is 219 Å². The van der Waals surface area contributed by atoms with E-state index in [2.05, 4.69) is 46.5 Å². The summed E-state index contributed by atoms with van der Waals surface area (Å²) < 4.78 is 0.544. The molecular weight excluding hydrogens is 532 g/mol. The molecule has 9 heteroatoms. The highest BCUT2D eigenvalue weighted by Crippen LogP contribution is 2.49. The first-order valence-electron chi connectivity index (χ1n) is 11.6. The Bertz CT molecular complexity index is 1170. The summed E-state index contributed by atoms with van der Waals surface area (Å²) >= 11 is 10.0. The zero-order valence-corrected chi connectivity index (χ0v) is 22.5. The normalized spacial score (nSPS) is 16.8. The first kappa shape index (κ1) is 27.0. The summed E-state index contributed by atoms with van der Waals surface area (Å²) in [5.74, 6) is 5.56. The molecular formula is C26H30BrClN4O3. The SMILES string of the molecule is CCN(CC)CCN1C(=O)C(O)(c2ccccc2Cl)c2c(Br)cc(C#CCN(CC)C(N)=O)cc21. The zero-order chi connectivity index (χ0) is 25.8. The van der Waals surface area contributed by atoms with Crippen molar-refractivity contribution in [3.8, 4) is 11.8 Å². The van der Waals surface area contributed by atoms with Gasteiger partial charge in [0.25, 0.3) is 5.91 Å². The van der Waals surface area contributed by atoms with E-state index in [1.807, 2.05) is 6.92 Å². The zero-order valence-electron chi connectivity index (χ0n) is 20.1. The standard InChI is InChI=1S/C26H30BrClN4O3/c1-4-30(5-2)14-15-32-22-17-18(10-9-13-31(6-3)25(29)34)16-20(27)23(22)26(35,24(32)33)19-11-7-8-12-21(19)28/h7-8,11-12,16-17,35H,4-6,13-15H2,1-3H3,(H2,29,34). The van der Waals surface area contributed by atoms with Crippen LogP contribution in [0.5, 0.6) is 0 Å². The molecule has 1 heterocycles. The minimum atomic E-state index is -1.94. The third kappa shape index (κ3) is 5.34. The Balaban J connectivity index is 2.10. The molecule has 0 radical (unpaired) electrons. The number of benzene rings is 2. The molecule has 0 spiro atoms. The second-order valence-corrected chi connectivity index (χ2v) is 9.44. The fourth-order valence-electron chi connectivity index (χ4n) is 4.24. The number of hydrogen-bond acceptors (Lipinski definition) is 4. The van der Waals surface area contributed by atoms with Crippen LogP contribution in [-0.4, -0.2) is 66.1 Å². The van der Waals surface area contributed by atoms with E-state index in [0.29, 0.717) is 51.5 Å². The highest BCUT2D eigenvalue weighted by Gasteiger charge is 2.53. The minimum absolute atomic E-state index is 0.189. The number of nitrogens with two attached hydrogens (primary N) is 1. The molecule has 0 aromatic heterocycles. The van der Waals surface area contributed by atoms with Crippen molar-refractivity contribution in [2.45, 2.75) is 26.4 Å². The minimum Gasteiger partial charge on any atom is -0.372 e. The van der Waals surface area contributed by atoms with Crippen molar-refractivity contribution in [3.05, 3.63) is 62.6 Å². The molecule has 1 unspecified atom stereocenters. The van der Waals surface area contributed by atoms with Crippen LogP contribution < -0.4 is 10.6 Å². The van der Waals surface area contributed by atoms with Gasteiger partial charge in [0.1, 0.15) is 0 Å². The largest absolute Gasteiger partial charge is 0.372 e. The molecule has 0 aliphatic carbocycles. The number of amides is 3. The Kier molecular flexibility index (Phi) is 8.84. The molecule has 3 N–H and O–H groups in total. The molecule has 0 saturated heterocycles. The number of rotatable bonds is 8. The molecule has 1 aliphatic heterocycles.